The van der Waals surface area contributed by atoms with Crippen molar-refractivity contribution in [2.75, 3.05) is 0 Å². The number of fused-ring (bicyclic) bond motifs is 7. The molecule has 48 heavy (non-hydrogen) atoms. The van der Waals surface area contributed by atoms with E-state index in [4.69, 9.17) is 24.0 Å². The van der Waals surface area contributed by atoms with Gasteiger partial charge in [0.2, 0.25) is 5.79 Å². The first-order valence-electron chi connectivity index (χ1n) is 19.7. The van der Waals surface area contributed by atoms with Gasteiger partial charge in [0.15, 0.2) is 18.2 Å². The number of carbonyl (C=O) groups is 1. The van der Waals surface area contributed by atoms with Crippen LogP contribution in [0.2, 0.25) is 0 Å². The van der Waals surface area contributed by atoms with Gasteiger partial charge in [-0.1, -0.05) is 34.6 Å². The highest BCUT2D eigenvalue weighted by atomic mass is 17.3. The maximum absolute atomic E-state index is 12.0. The fourth-order valence-corrected chi connectivity index (χ4v) is 14.1. The summed E-state index contributed by atoms with van der Waals surface area (Å²) in [4.78, 5) is 23.7. The minimum Gasteiger partial charge on any atom is -0.481 e. The highest BCUT2D eigenvalue weighted by molar-refractivity contribution is 5.66. The Morgan fingerprint density at radius 1 is 0.833 bits per heavy atom. The number of carboxylic acid groups (broad SMARTS) is 1. The highest BCUT2D eigenvalue weighted by Gasteiger charge is 2.70. The van der Waals surface area contributed by atoms with E-state index < -0.39 is 42.1 Å². The lowest BCUT2D eigenvalue weighted by Crippen LogP contribution is -2.70. The average Bonchev–Trinajstić information content (AvgIpc) is 3.24. The average molecular weight is 675 g/mol. The molecule has 5 saturated carbocycles. The van der Waals surface area contributed by atoms with Crippen LogP contribution in [-0.2, 0) is 28.8 Å². The molecule has 19 atom stereocenters. The Hall–Kier alpha value is -0.810. The summed E-state index contributed by atoms with van der Waals surface area (Å²) in [7, 11) is 0. The molecule has 2 bridgehead atoms. The smallest absolute Gasteiger partial charge is 0.303 e. The number of aliphatic carboxylic acids is 1. The molecule has 0 radical (unpaired) electrons. The Bertz CT molecular complexity index is 1250. The van der Waals surface area contributed by atoms with Gasteiger partial charge in [0.25, 0.3) is 0 Å². The Labute approximate surface area is 287 Å². The summed E-state index contributed by atoms with van der Waals surface area (Å²) in [5.74, 6) is 1.19. The molecule has 9 heteroatoms. The third kappa shape index (κ3) is 4.90. The van der Waals surface area contributed by atoms with Crippen LogP contribution in [-0.4, -0.2) is 63.6 Å². The van der Waals surface area contributed by atoms with Gasteiger partial charge in [-0.25, -0.2) is 9.78 Å². The number of hydrogen-bond donors (Lipinski definition) is 3. The van der Waals surface area contributed by atoms with Crippen molar-refractivity contribution in [3.8, 4) is 0 Å². The van der Waals surface area contributed by atoms with E-state index in [-0.39, 0.29) is 47.0 Å². The molecule has 0 aromatic heterocycles. The van der Waals surface area contributed by atoms with Gasteiger partial charge in [0.05, 0.1) is 18.3 Å². The third-order valence-electron chi connectivity index (χ3n) is 16.7. The lowest BCUT2D eigenvalue weighted by Gasteiger charge is -2.64. The van der Waals surface area contributed by atoms with Crippen LogP contribution in [0.25, 0.3) is 0 Å². The summed E-state index contributed by atoms with van der Waals surface area (Å²) >= 11 is 0. The van der Waals surface area contributed by atoms with Crippen LogP contribution in [0.5, 0.6) is 0 Å². The van der Waals surface area contributed by atoms with E-state index in [0.717, 1.165) is 70.6 Å². The number of rotatable bonds is 6. The van der Waals surface area contributed by atoms with Gasteiger partial charge in [0, 0.05) is 24.7 Å². The van der Waals surface area contributed by atoms with Crippen LogP contribution in [0, 0.1) is 70.0 Å². The molecule has 0 aromatic carbocycles. The maximum Gasteiger partial charge on any atom is 0.303 e. The van der Waals surface area contributed by atoms with Gasteiger partial charge in [-0.2, -0.15) is 0 Å². The molecule has 9 nitrogen and oxygen atoms in total. The predicted octanol–water partition coefficient (Wildman–Crippen LogP) is 6.68. The zero-order valence-electron chi connectivity index (χ0n) is 30.1. The van der Waals surface area contributed by atoms with Gasteiger partial charge in [-0.15, -0.1) is 0 Å². The zero-order valence-corrected chi connectivity index (χ0v) is 30.1. The fourth-order valence-electron chi connectivity index (χ4n) is 14.1. The summed E-state index contributed by atoms with van der Waals surface area (Å²) in [6.45, 7) is 13.6. The molecule has 4 aliphatic heterocycles. The second kappa shape index (κ2) is 11.9. The molecular weight excluding hydrogens is 612 g/mol. The molecule has 4 heterocycles. The number of hydrogen-bond acceptors (Lipinski definition) is 8. The molecule has 0 amide bonds. The summed E-state index contributed by atoms with van der Waals surface area (Å²) in [6.07, 6.45) is 9.29. The first kappa shape index (κ1) is 34.3. The van der Waals surface area contributed by atoms with Crippen molar-refractivity contribution in [1.29, 1.82) is 0 Å². The number of aliphatic hydroxyl groups is 2. The van der Waals surface area contributed by atoms with Crippen LogP contribution in [0.4, 0.5) is 0 Å². The highest BCUT2D eigenvalue weighted by Crippen LogP contribution is 2.69. The van der Waals surface area contributed by atoms with Gasteiger partial charge in [-0.05, 0) is 136 Å². The van der Waals surface area contributed by atoms with Gasteiger partial charge in [-0.3, -0.25) is 4.79 Å². The third-order valence-corrected chi connectivity index (χ3v) is 16.7. The van der Waals surface area contributed by atoms with Crippen molar-refractivity contribution in [3.63, 3.8) is 0 Å². The lowest BCUT2D eigenvalue weighted by atomic mass is 9.43. The molecule has 1 spiro atoms. The minimum atomic E-state index is -0.819. The van der Waals surface area contributed by atoms with E-state index in [0.29, 0.717) is 41.9 Å². The summed E-state index contributed by atoms with van der Waals surface area (Å²) < 4.78 is 20.3. The molecular formula is C39H62O9. The van der Waals surface area contributed by atoms with Crippen molar-refractivity contribution in [2.45, 2.75) is 167 Å². The van der Waals surface area contributed by atoms with Crippen LogP contribution in [0.1, 0.15) is 125 Å². The van der Waals surface area contributed by atoms with Crippen molar-refractivity contribution in [3.05, 3.63) is 0 Å². The maximum atomic E-state index is 12.0. The van der Waals surface area contributed by atoms with E-state index >= 15 is 0 Å². The molecule has 5 aliphatic carbocycles. The first-order chi connectivity index (χ1) is 22.7. The molecule has 9 aliphatic rings. The number of aliphatic hydroxyl groups excluding tert-OH is 2. The summed E-state index contributed by atoms with van der Waals surface area (Å²) in [5, 5.41) is 33.2. The molecule has 9 rings (SSSR count). The lowest BCUT2D eigenvalue weighted by molar-refractivity contribution is -0.578. The normalized spacial score (nSPS) is 57.8. The van der Waals surface area contributed by atoms with Crippen LogP contribution >= 0.6 is 0 Å². The second-order valence-electron chi connectivity index (χ2n) is 18.8. The number of ether oxygens (including phenoxy) is 3. The summed E-state index contributed by atoms with van der Waals surface area (Å²) in [6, 6.07) is 0. The largest absolute Gasteiger partial charge is 0.481 e. The predicted molar refractivity (Wildman–Crippen MR) is 176 cm³/mol. The Morgan fingerprint density at radius 2 is 1.54 bits per heavy atom. The molecule has 272 valence electrons. The Balaban J connectivity index is 0.981. The van der Waals surface area contributed by atoms with E-state index in [1.807, 2.05) is 6.92 Å². The van der Waals surface area contributed by atoms with Crippen molar-refractivity contribution < 1.29 is 44.1 Å². The minimum absolute atomic E-state index is 0.0329. The monoisotopic (exact) mass is 674 g/mol. The van der Waals surface area contributed by atoms with Crippen LogP contribution in [0.15, 0.2) is 0 Å². The Kier molecular flexibility index (Phi) is 8.47. The molecule has 9 unspecified atom stereocenters. The molecule has 9 fully saturated rings. The second-order valence-corrected chi connectivity index (χ2v) is 18.8. The van der Waals surface area contributed by atoms with Crippen molar-refractivity contribution >= 4 is 5.97 Å². The van der Waals surface area contributed by atoms with Crippen LogP contribution < -0.4 is 0 Å². The molecule has 4 saturated heterocycles. The van der Waals surface area contributed by atoms with Gasteiger partial charge in [0.1, 0.15) is 0 Å². The zero-order chi connectivity index (χ0) is 34.0. The van der Waals surface area contributed by atoms with E-state index in [9.17, 15) is 20.1 Å². The van der Waals surface area contributed by atoms with E-state index in [1.165, 1.54) is 0 Å². The Morgan fingerprint density at radius 3 is 2.31 bits per heavy atom. The number of carboxylic acids is 1. The van der Waals surface area contributed by atoms with Crippen molar-refractivity contribution in [2.24, 2.45) is 70.0 Å². The fraction of sp³-hybridized carbons (Fsp3) is 0.974. The SMILES string of the molecule is C[C@H]1C(O[C@@H]2CC[C@]3(C)C4CC[C@@]5(C)C(CC[C@@H]5[C@H](C)CCC(=O)O)C4[C@H](O)[C@H](O)C3C2)OC2OC3(C)CCC4[C@H](C)CCC1[C@@]24OO3. The quantitative estimate of drug-likeness (QED) is 0.209. The topological polar surface area (TPSA) is 124 Å². The van der Waals surface area contributed by atoms with Gasteiger partial charge < -0.3 is 29.5 Å². The first-order valence-corrected chi connectivity index (χ1v) is 19.7. The summed E-state index contributed by atoms with van der Waals surface area (Å²) in [5.41, 5.74) is -0.591. The van der Waals surface area contributed by atoms with Crippen LogP contribution in [0.3, 0.4) is 0 Å². The van der Waals surface area contributed by atoms with E-state index in [2.05, 4.69) is 34.6 Å². The molecule has 3 N–H and O–H groups in total. The molecule has 0 aromatic rings. The van der Waals surface area contributed by atoms with Crippen molar-refractivity contribution in [1.82, 2.24) is 0 Å². The van der Waals surface area contributed by atoms with E-state index in [1.54, 1.807) is 0 Å². The van der Waals surface area contributed by atoms with Gasteiger partial charge >= 0.3 is 5.97 Å². The standard InChI is InChI=1S/C39H62O9/c1-20(8-12-30(40)41)24-10-11-27-31-28(14-17-36(24,27)4)37(5)16-13-23(19-29(37)32(42)33(31)43)44-34-22(3)26-9-7-21(2)25-15-18-38(6)46-35(45-34)39(25,26)48-47-38/h20-29,31-35,42-43H,7-19H2,1-6H3,(H,40,41)/t20-,21-,22-,23-,24-,25?,26?,27?,28?,29?,31?,32-,33+,34?,35?,36-,37-,38?,39-/m1/s1.